The lowest BCUT2D eigenvalue weighted by Crippen LogP contribution is -1.94. The number of nitrogens with zero attached hydrogens (tertiary/aromatic N) is 4. The molecule has 0 aromatic carbocycles. The number of rotatable bonds is 1. The van der Waals surface area contributed by atoms with E-state index in [0.717, 1.165) is 5.69 Å². The van der Waals surface area contributed by atoms with E-state index in [9.17, 15) is 0 Å². The Kier molecular flexibility index (Phi) is 1.74. The van der Waals surface area contributed by atoms with Gasteiger partial charge in [0.15, 0.2) is 11.4 Å². The Hall–Kier alpha value is -2.61. The summed E-state index contributed by atoms with van der Waals surface area (Å²) in [5.41, 5.74) is 1.77. The Bertz CT molecular complexity index is 676. The normalized spacial score (nSPS) is 10.4. The Morgan fingerprint density at radius 3 is 3.06 bits per heavy atom. The van der Waals surface area contributed by atoms with Crippen LogP contribution in [-0.2, 0) is 0 Å². The van der Waals surface area contributed by atoms with Crippen LogP contribution >= 0.6 is 0 Å². The number of aromatic nitrogens is 3. The Morgan fingerprint density at radius 2 is 2.31 bits per heavy atom. The predicted octanol–water partition coefficient (Wildman–Crippen LogP) is 1.86. The van der Waals surface area contributed by atoms with Crippen molar-refractivity contribution in [3.63, 3.8) is 0 Å². The van der Waals surface area contributed by atoms with Crippen molar-refractivity contribution in [2.24, 2.45) is 0 Å². The van der Waals surface area contributed by atoms with Crippen LogP contribution in [0.3, 0.4) is 0 Å². The summed E-state index contributed by atoms with van der Waals surface area (Å²) in [6.45, 7) is 0. The van der Waals surface area contributed by atoms with Gasteiger partial charge in [-0.15, -0.1) is 0 Å². The van der Waals surface area contributed by atoms with Gasteiger partial charge in [0.05, 0.1) is 12.5 Å². The van der Waals surface area contributed by atoms with Crippen molar-refractivity contribution in [1.82, 2.24) is 14.6 Å². The third-order valence-electron chi connectivity index (χ3n) is 2.30. The molecule has 3 heterocycles. The molecule has 0 saturated heterocycles. The summed E-state index contributed by atoms with van der Waals surface area (Å²) in [6, 6.07) is 7.48. The summed E-state index contributed by atoms with van der Waals surface area (Å²) in [4.78, 5) is 4.12. The zero-order valence-electron chi connectivity index (χ0n) is 8.16. The van der Waals surface area contributed by atoms with Gasteiger partial charge in [-0.25, -0.2) is 9.50 Å². The minimum atomic E-state index is 0.452. The average molecular weight is 210 g/mol. The second kappa shape index (κ2) is 3.21. The standard InChI is InChI=1S/C11H6N4O/c12-6-8-7-14-15-9(3-4-13-11(8)15)10-2-1-5-16-10/h1-5,7H. The summed E-state index contributed by atoms with van der Waals surface area (Å²) >= 11 is 0. The van der Waals surface area contributed by atoms with Crippen LogP contribution in [0.2, 0.25) is 0 Å². The summed E-state index contributed by atoms with van der Waals surface area (Å²) in [7, 11) is 0. The second-order valence-electron chi connectivity index (χ2n) is 3.21. The molecular formula is C11H6N4O. The van der Waals surface area contributed by atoms with E-state index in [1.54, 1.807) is 29.1 Å². The molecular weight excluding hydrogens is 204 g/mol. The van der Waals surface area contributed by atoms with E-state index >= 15 is 0 Å². The van der Waals surface area contributed by atoms with E-state index in [0.29, 0.717) is 17.0 Å². The van der Waals surface area contributed by atoms with Gasteiger partial charge < -0.3 is 4.42 Å². The van der Waals surface area contributed by atoms with Crippen molar-refractivity contribution >= 4 is 5.65 Å². The summed E-state index contributed by atoms with van der Waals surface area (Å²) < 4.78 is 6.89. The molecule has 3 aromatic rings. The van der Waals surface area contributed by atoms with Gasteiger partial charge in [-0.1, -0.05) is 0 Å². The molecule has 5 heteroatoms. The van der Waals surface area contributed by atoms with Crippen LogP contribution in [0, 0.1) is 11.3 Å². The minimum absolute atomic E-state index is 0.452. The SMILES string of the molecule is N#Cc1cnn2c(-c3ccco3)ccnc12. The highest BCUT2D eigenvalue weighted by Crippen LogP contribution is 2.20. The van der Waals surface area contributed by atoms with E-state index in [-0.39, 0.29) is 0 Å². The molecule has 0 spiro atoms. The summed E-state index contributed by atoms with van der Waals surface area (Å²) in [5, 5.41) is 13.0. The molecule has 0 fully saturated rings. The van der Waals surface area contributed by atoms with Gasteiger partial charge >= 0.3 is 0 Å². The van der Waals surface area contributed by atoms with Crippen LogP contribution < -0.4 is 0 Å². The molecule has 0 aliphatic rings. The monoisotopic (exact) mass is 210 g/mol. The molecule has 0 N–H and O–H groups in total. The maximum atomic E-state index is 8.88. The van der Waals surface area contributed by atoms with Crippen LogP contribution in [0.15, 0.2) is 41.3 Å². The topological polar surface area (TPSA) is 67.1 Å². The van der Waals surface area contributed by atoms with Crippen molar-refractivity contribution in [2.45, 2.75) is 0 Å². The fourth-order valence-electron chi connectivity index (χ4n) is 1.58. The van der Waals surface area contributed by atoms with Crippen molar-refractivity contribution in [3.05, 3.63) is 42.4 Å². The highest BCUT2D eigenvalue weighted by atomic mass is 16.3. The Morgan fingerprint density at radius 1 is 1.38 bits per heavy atom. The zero-order chi connectivity index (χ0) is 11.0. The molecule has 0 radical (unpaired) electrons. The van der Waals surface area contributed by atoms with Gasteiger partial charge in [-0.3, -0.25) is 0 Å². The van der Waals surface area contributed by atoms with Crippen molar-refractivity contribution < 1.29 is 4.42 Å². The van der Waals surface area contributed by atoms with Gasteiger partial charge in [0.2, 0.25) is 0 Å². The molecule has 3 aromatic heterocycles. The molecule has 0 bridgehead atoms. The molecule has 3 rings (SSSR count). The van der Waals surface area contributed by atoms with Gasteiger partial charge in [0, 0.05) is 6.20 Å². The number of hydrogen-bond donors (Lipinski definition) is 0. The lowest BCUT2D eigenvalue weighted by Gasteiger charge is -1.99. The molecule has 0 amide bonds. The smallest absolute Gasteiger partial charge is 0.173 e. The van der Waals surface area contributed by atoms with E-state index in [1.807, 2.05) is 12.1 Å². The van der Waals surface area contributed by atoms with Crippen LogP contribution in [-0.4, -0.2) is 14.6 Å². The first-order valence-corrected chi connectivity index (χ1v) is 4.67. The summed E-state index contributed by atoms with van der Waals surface area (Å²) in [5.74, 6) is 0.694. The number of nitriles is 1. The van der Waals surface area contributed by atoms with Crippen LogP contribution in [0.25, 0.3) is 17.1 Å². The van der Waals surface area contributed by atoms with Crippen LogP contribution in [0.4, 0.5) is 0 Å². The lowest BCUT2D eigenvalue weighted by atomic mass is 10.3. The van der Waals surface area contributed by atoms with E-state index < -0.39 is 0 Å². The van der Waals surface area contributed by atoms with Crippen molar-refractivity contribution in [3.8, 4) is 17.5 Å². The first kappa shape index (κ1) is 8.68. The maximum Gasteiger partial charge on any atom is 0.173 e. The number of furan rings is 1. The predicted molar refractivity (Wildman–Crippen MR) is 55.4 cm³/mol. The molecule has 76 valence electrons. The highest BCUT2D eigenvalue weighted by Gasteiger charge is 2.10. The highest BCUT2D eigenvalue weighted by molar-refractivity contribution is 5.61. The molecule has 0 unspecified atom stereocenters. The number of hydrogen-bond acceptors (Lipinski definition) is 4. The molecule has 16 heavy (non-hydrogen) atoms. The lowest BCUT2D eigenvalue weighted by molar-refractivity contribution is 0.577. The van der Waals surface area contributed by atoms with Gasteiger partial charge in [-0.2, -0.15) is 10.4 Å². The Labute approximate surface area is 90.6 Å². The fourth-order valence-corrected chi connectivity index (χ4v) is 1.58. The first-order chi connectivity index (χ1) is 7.90. The Balaban J connectivity index is 2.36. The van der Waals surface area contributed by atoms with E-state index in [2.05, 4.69) is 10.1 Å². The molecule has 5 nitrogen and oxygen atoms in total. The van der Waals surface area contributed by atoms with Crippen molar-refractivity contribution in [2.75, 3.05) is 0 Å². The average Bonchev–Trinajstić information content (AvgIpc) is 2.97. The molecule has 0 aliphatic heterocycles. The quantitative estimate of drug-likeness (QED) is 0.614. The van der Waals surface area contributed by atoms with Crippen LogP contribution in [0.5, 0.6) is 0 Å². The van der Waals surface area contributed by atoms with Gasteiger partial charge in [0.25, 0.3) is 0 Å². The largest absolute Gasteiger partial charge is 0.463 e. The molecule has 0 saturated carbocycles. The number of fused-ring (bicyclic) bond motifs is 1. The minimum Gasteiger partial charge on any atom is -0.463 e. The molecule has 0 aliphatic carbocycles. The van der Waals surface area contributed by atoms with Crippen molar-refractivity contribution in [1.29, 1.82) is 5.26 Å². The van der Waals surface area contributed by atoms with E-state index in [4.69, 9.17) is 9.68 Å². The second-order valence-corrected chi connectivity index (χ2v) is 3.21. The fraction of sp³-hybridized carbons (Fsp3) is 0. The third-order valence-corrected chi connectivity index (χ3v) is 2.30. The van der Waals surface area contributed by atoms with Gasteiger partial charge in [0.1, 0.15) is 17.3 Å². The maximum absolute atomic E-state index is 8.88. The molecule has 0 atom stereocenters. The first-order valence-electron chi connectivity index (χ1n) is 4.67. The summed E-state index contributed by atoms with van der Waals surface area (Å²) in [6.07, 6.45) is 4.72. The van der Waals surface area contributed by atoms with E-state index in [1.165, 1.54) is 6.20 Å². The third kappa shape index (κ3) is 1.10. The van der Waals surface area contributed by atoms with Gasteiger partial charge in [-0.05, 0) is 18.2 Å². The van der Waals surface area contributed by atoms with Crippen LogP contribution in [0.1, 0.15) is 5.56 Å². The zero-order valence-corrected chi connectivity index (χ0v) is 8.16.